The molecule has 0 radical (unpaired) electrons. The number of fused-ring (bicyclic) bond motifs is 1. The molecule has 0 bridgehead atoms. The quantitative estimate of drug-likeness (QED) is 0.775. The first-order valence-corrected chi connectivity index (χ1v) is 9.71. The molecule has 10 heteroatoms. The average Bonchev–Trinajstić information content (AvgIpc) is 2.96. The molecule has 1 saturated heterocycles. The molecule has 1 aromatic heterocycles. The lowest BCUT2D eigenvalue weighted by Gasteiger charge is -2.23. The maximum absolute atomic E-state index is 12.5. The standard InChI is InChI=1S/C16H17N3O6S/c1-18(10-6-7-26(24,25)9-10)13(20)8-19-15(21)12-5-3-2-4-11(12)14(17-19)16(22)23/h2-5,10H,6-9H2,1H3,(H,22,23)/t10-/m1/s1. The molecule has 1 aromatic carbocycles. The molecule has 2 aromatic rings. The maximum Gasteiger partial charge on any atom is 0.357 e. The molecular weight excluding hydrogens is 362 g/mol. The number of hydrogen-bond donors (Lipinski definition) is 1. The highest BCUT2D eigenvalue weighted by Gasteiger charge is 2.33. The number of rotatable bonds is 4. The average molecular weight is 379 g/mol. The minimum absolute atomic E-state index is 0.0205. The van der Waals surface area contributed by atoms with Gasteiger partial charge in [-0.2, -0.15) is 5.10 Å². The number of carbonyl (C=O) groups is 2. The van der Waals surface area contributed by atoms with Gasteiger partial charge in [0.25, 0.3) is 5.56 Å². The molecule has 0 aliphatic carbocycles. The number of likely N-dealkylation sites (N-methyl/N-ethyl adjacent to an activating group) is 1. The van der Waals surface area contributed by atoms with E-state index < -0.39 is 39.9 Å². The minimum atomic E-state index is -3.16. The summed E-state index contributed by atoms with van der Waals surface area (Å²) >= 11 is 0. The van der Waals surface area contributed by atoms with Gasteiger partial charge < -0.3 is 10.0 Å². The summed E-state index contributed by atoms with van der Waals surface area (Å²) < 4.78 is 24.0. The molecule has 0 saturated carbocycles. The van der Waals surface area contributed by atoms with Gasteiger partial charge in [0.2, 0.25) is 5.91 Å². The number of carbonyl (C=O) groups excluding carboxylic acids is 1. The molecule has 2 heterocycles. The second-order valence-electron chi connectivity index (χ2n) is 6.22. The fourth-order valence-corrected chi connectivity index (χ4v) is 4.80. The van der Waals surface area contributed by atoms with Crippen LogP contribution < -0.4 is 5.56 Å². The Morgan fingerprint density at radius 1 is 1.31 bits per heavy atom. The second kappa shape index (κ2) is 6.52. The summed E-state index contributed by atoms with van der Waals surface area (Å²) in [6.07, 6.45) is 0.338. The van der Waals surface area contributed by atoms with Gasteiger partial charge in [-0.15, -0.1) is 0 Å². The van der Waals surface area contributed by atoms with E-state index in [1.165, 1.54) is 24.1 Å². The Morgan fingerprint density at radius 2 is 1.96 bits per heavy atom. The number of aromatic carboxylic acids is 1. The van der Waals surface area contributed by atoms with Crippen molar-refractivity contribution >= 4 is 32.5 Å². The molecule has 0 unspecified atom stereocenters. The van der Waals surface area contributed by atoms with Crippen LogP contribution >= 0.6 is 0 Å². The molecule has 3 rings (SSSR count). The van der Waals surface area contributed by atoms with E-state index in [4.69, 9.17) is 0 Å². The molecule has 1 aliphatic heterocycles. The molecule has 1 fully saturated rings. The SMILES string of the molecule is CN(C(=O)Cn1nc(C(=O)O)c2ccccc2c1=O)[C@@H]1CCS(=O)(=O)C1. The minimum Gasteiger partial charge on any atom is -0.476 e. The topological polar surface area (TPSA) is 127 Å². The predicted molar refractivity (Wildman–Crippen MR) is 92.8 cm³/mol. The summed E-state index contributed by atoms with van der Waals surface area (Å²) in [5, 5.41) is 13.5. The van der Waals surface area contributed by atoms with Crippen molar-refractivity contribution in [3.05, 3.63) is 40.3 Å². The fraction of sp³-hybridized carbons (Fsp3) is 0.375. The van der Waals surface area contributed by atoms with Crippen LogP contribution in [0.2, 0.25) is 0 Å². The Hall–Kier alpha value is -2.75. The summed E-state index contributed by atoms with van der Waals surface area (Å²) in [5.74, 6) is -1.91. The van der Waals surface area contributed by atoms with Crippen LogP contribution in [0.4, 0.5) is 0 Å². The lowest BCUT2D eigenvalue weighted by molar-refractivity contribution is -0.132. The molecule has 1 N–H and O–H groups in total. The first kappa shape index (κ1) is 18.1. The lowest BCUT2D eigenvalue weighted by atomic mass is 10.1. The van der Waals surface area contributed by atoms with Crippen LogP contribution in [-0.2, 0) is 21.2 Å². The highest BCUT2D eigenvalue weighted by Crippen LogP contribution is 2.17. The number of nitrogens with zero attached hydrogens (tertiary/aromatic N) is 3. The first-order chi connectivity index (χ1) is 12.2. The Morgan fingerprint density at radius 3 is 2.54 bits per heavy atom. The number of carboxylic acid groups (broad SMARTS) is 1. The molecule has 26 heavy (non-hydrogen) atoms. The van der Waals surface area contributed by atoms with E-state index in [0.717, 1.165) is 4.68 Å². The summed E-state index contributed by atoms with van der Waals surface area (Å²) in [5.41, 5.74) is -0.898. The van der Waals surface area contributed by atoms with Crippen LogP contribution in [0, 0.1) is 0 Å². The summed E-state index contributed by atoms with van der Waals surface area (Å²) in [4.78, 5) is 37.7. The van der Waals surface area contributed by atoms with Gasteiger partial charge >= 0.3 is 5.97 Å². The van der Waals surface area contributed by atoms with Gasteiger partial charge in [0.05, 0.1) is 16.9 Å². The number of amides is 1. The molecular formula is C16H17N3O6S. The van der Waals surface area contributed by atoms with Gasteiger partial charge in [-0.05, 0) is 12.5 Å². The molecule has 0 spiro atoms. The van der Waals surface area contributed by atoms with E-state index in [0.29, 0.717) is 6.42 Å². The molecule has 1 aliphatic rings. The normalized spacial score (nSPS) is 18.7. The third-order valence-electron chi connectivity index (χ3n) is 4.50. The number of carboxylic acids is 1. The van der Waals surface area contributed by atoms with Crippen molar-refractivity contribution in [3.8, 4) is 0 Å². The lowest BCUT2D eigenvalue weighted by Crippen LogP contribution is -2.42. The van der Waals surface area contributed by atoms with Crippen LogP contribution in [0.3, 0.4) is 0 Å². The fourth-order valence-electron chi connectivity index (χ4n) is 3.02. The van der Waals surface area contributed by atoms with E-state index >= 15 is 0 Å². The van der Waals surface area contributed by atoms with Crippen LogP contribution in [0.5, 0.6) is 0 Å². The Kier molecular flexibility index (Phi) is 4.53. The molecule has 1 atom stereocenters. The second-order valence-corrected chi connectivity index (χ2v) is 8.45. The highest BCUT2D eigenvalue weighted by atomic mass is 32.2. The monoisotopic (exact) mass is 379 g/mol. The van der Waals surface area contributed by atoms with Crippen LogP contribution in [-0.4, -0.2) is 64.7 Å². The molecule has 9 nitrogen and oxygen atoms in total. The Labute approximate surface area is 148 Å². The zero-order chi connectivity index (χ0) is 19.1. The zero-order valence-corrected chi connectivity index (χ0v) is 14.8. The summed E-state index contributed by atoms with van der Waals surface area (Å²) in [6.45, 7) is -0.461. The van der Waals surface area contributed by atoms with Gasteiger partial charge in [-0.3, -0.25) is 9.59 Å². The van der Waals surface area contributed by atoms with Crippen LogP contribution in [0.25, 0.3) is 10.8 Å². The molecule has 138 valence electrons. The van der Waals surface area contributed by atoms with E-state index in [-0.39, 0.29) is 28.0 Å². The number of hydrogen-bond acceptors (Lipinski definition) is 6. The van der Waals surface area contributed by atoms with Gasteiger partial charge in [0.1, 0.15) is 6.54 Å². The first-order valence-electron chi connectivity index (χ1n) is 7.89. The van der Waals surface area contributed by atoms with E-state index in [2.05, 4.69) is 5.10 Å². The van der Waals surface area contributed by atoms with E-state index in [1.54, 1.807) is 12.1 Å². The molecule has 1 amide bonds. The van der Waals surface area contributed by atoms with Gasteiger partial charge in [0.15, 0.2) is 15.5 Å². The smallest absolute Gasteiger partial charge is 0.357 e. The van der Waals surface area contributed by atoms with Crippen molar-refractivity contribution in [1.29, 1.82) is 0 Å². The van der Waals surface area contributed by atoms with Crippen LogP contribution in [0.1, 0.15) is 16.9 Å². The van der Waals surface area contributed by atoms with E-state index in [9.17, 15) is 27.9 Å². The highest BCUT2D eigenvalue weighted by molar-refractivity contribution is 7.91. The van der Waals surface area contributed by atoms with Gasteiger partial charge in [-0.1, -0.05) is 18.2 Å². The number of aromatic nitrogens is 2. The van der Waals surface area contributed by atoms with Gasteiger partial charge in [-0.25, -0.2) is 17.9 Å². The van der Waals surface area contributed by atoms with Crippen molar-refractivity contribution in [2.24, 2.45) is 0 Å². The Balaban J connectivity index is 1.93. The van der Waals surface area contributed by atoms with Crippen molar-refractivity contribution in [2.75, 3.05) is 18.6 Å². The van der Waals surface area contributed by atoms with Crippen molar-refractivity contribution in [1.82, 2.24) is 14.7 Å². The third kappa shape index (κ3) is 3.32. The zero-order valence-electron chi connectivity index (χ0n) is 14.0. The van der Waals surface area contributed by atoms with Crippen LogP contribution in [0.15, 0.2) is 29.1 Å². The third-order valence-corrected chi connectivity index (χ3v) is 6.26. The summed E-state index contributed by atoms with van der Waals surface area (Å²) in [7, 11) is -1.69. The van der Waals surface area contributed by atoms with E-state index in [1.807, 2.05) is 0 Å². The van der Waals surface area contributed by atoms with Crippen molar-refractivity contribution in [2.45, 2.75) is 19.0 Å². The van der Waals surface area contributed by atoms with Crippen molar-refractivity contribution in [3.63, 3.8) is 0 Å². The number of benzene rings is 1. The summed E-state index contributed by atoms with van der Waals surface area (Å²) in [6, 6.07) is 5.69. The predicted octanol–water partition coefficient (Wildman–Crippen LogP) is -0.260. The largest absolute Gasteiger partial charge is 0.476 e. The van der Waals surface area contributed by atoms with Crippen molar-refractivity contribution < 1.29 is 23.1 Å². The Bertz CT molecular complexity index is 1060. The number of sulfone groups is 1. The maximum atomic E-state index is 12.5. The van der Waals surface area contributed by atoms with Gasteiger partial charge in [0, 0.05) is 18.5 Å².